The largest absolute Gasteiger partial charge is 0.383 e. The smallest absolute Gasteiger partial charge is 0.351 e. The quantitative estimate of drug-likeness (QED) is 0.866. The third-order valence-corrected chi connectivity index (χ3v) is 4.23. The fraction of sp³-hybridized carbons (Fsp3) is 0.571. The van der Waals surface area contributed by atoms with Gasteiger partial charge in [0.15, 0.2) is 0 Å². The second-order valence-electron chi connectivity index (χ2n) is 5.32. The fourth-order valence-corrected chi connectivity index (χ4v) is 2.82. The Morgan fingerprint density at radius 2 is 2.29 bits per heavy atom. The van der Waals surface area contributed by atoms with Crippen molar-refractivity contribution in [1.82, 2.24) is 9.55 Å². The van der Waals surface area contributed by atoms with E-state index in [2.05, 4.69) is 11.6 Å². The van der Waals surface area contributed by atoms with Gasteiger partial charge < -0.3 is 10.5 Å². The molecule has 2 heterocycles. The molecular formula is C14H19F2N3O2. The van der Waals surface area contributed by atoms with Gasteiger partial charge in [0.25, 0.3) is 5.92 Å². The van der Waals surface area contributed by atoms with Crippen molar-refractivity contribution in [2.75, 3.05) is 5.73 Å². The van der Waals surface area contributed by atoms with E-state index in [-0.39, 0.29) is 12.2 Å². The first-order valence-corrected chi connectivity index (χ1v) is 6.79. The predicted molar refractivity (Wildman–Crippen MR) is 75.0 cm³/mol. The monoisotopic (exact) mass is 299 g/mol. The van der Waals surface area contributed by atoms with Crippen LogP contribution >= 0.6 is 0 Å². The lowest BCUT2D eigenvalue weighted by atomic mass is 9.82. The minimum absolute atomic E-state index is 0.0153. The van der Waals surface area contributed by atoms with E-state index in [9.17, 15) is 13.6 Å². The van der Waals surface area contributed by atoms with Gasteiger partial charge in [-0.2, -0.15) is 4.98 Å². The van der Waals surface area contributed by atoms with E-state index in [4.69, 9.17) is 10.5 Å². The lowest BCUT2D eigenvalue weighted by Crippen LogP contribution is -2.39. The van der Waals surface area contributed by atoms with Crippen LogP contribution in [0.4, 0.5) is 14.6 Å². The number of aromatic nitrogens is 2. The first-order chi connectivity index (χ1) is 9.78. The first-order valence-electron chi connectivity index (χ1n) is 6.79. The van der Waals surface area contributed by atoms with Gasteiger partial charge in [0, 0.05) is 6.20 Å². The average molecular weight is 299 g/mol. The number of nitrogens with two attached hydrogens (primary N) is 1. The van der Waals surface area contributed by atoms with Gasteiger partial charge in [-0.1, -0.05) is 19.9 Å². The van der Waals surface area contributed by atoms with Gasteiger partial charge in [-0.3, -0.25) is 4.57 Å². The normalized spacial score (nSPS) is 31.2. The number of ether oxygens (including phenoxy) is 1. The topological polar surface area (TPSA) is 70.1 Å². The highest BCUT2D eigenvalue weighted by Crippen LogP contribution is 2.54. The number of hydrogen-bond donors (Lipinski definition) is 1. The van der Waals surface area contributed by atoms with Crippen LogP contribution in [-0.2, 0) is 4.74 Å². The SMILES string of the molecule is C=CC[C@]1(CC)O[C@@H](n2ccc(N)nc2=O)C(F)(F)[C@@H]1C. The van der Waals surface area contributed by atoms with Crippen LogP contribution in [0.15, 0.2) is 29.7 Å². The molecule has 3 atom stereocenters. The summed E-state index contributed by atoms with van der Waals surface area (Å²) in [7, 11) is 0. The number of nitrogens with zero attached hydrogens (tertiary/aromatic N) is 2. The van der Waals surface area contributed by atoms with Gasteiger partial charge in [-0.15, -0.1) is 6.58 Å². The van der Waals surface area contributed by atoms with Crippen LogP contribution in [0.1, 0.15) is 32.9 Å². The van der Waals surface area contributed by atoms with E-state index < -0.39 is 29.4 Å². The standard InChI is InChI=1S/C14H19F2N3O2/c1-4-7-13(5-2)9(3)14(15,16)11(21-13)19-8-6-10(17)18-12(19)20/h4,6,8-9,11H,1,5,7H2,2-3H3,(H2,17,18,20)/t9-,11-,13+/m1/s1. The van der Waals surface area contributed by atoms with Crippen molar-refractivity contribution < 1.29 is 13.5 Å². The molecule has 1 fully saturated rings. The van der Waals surface area contributed by atoms with E-state index in [1.807, 2.05) is 0 Å². The first kappa shape index (κ1) is 15.6. The molecule has 116 valence electrons. The van der Waals surface area contributed by atoms with Crippen LogP contribution in [0.5, 0.6) is 0 Å². The highest BCUT2D eigenvalue weighted by molar-refractivity contribution is 5.23. The molecule has 0 aromatic carbocycles. The van der Waals surface area contributed by atoms with Gasteiger partial charge in [0.2, 0.25) is 6.23 Å². The minimum Gasteiger partial charge on any atom is -0.383 e. The molecule has 0 bridgehead atoms. The number of hydrogen-bond acceptors (Lipinski definition) is 4. The maximum absolute atomic E-state index is 14.6. The van der Waals surface area contributed by atoms with Gasteiger partial charge in [0.1, 0.15) is 5.82 Å². The zero-order valence-electron chi connectivity index (χ0n) is 12.1. The molecule has 0 unspecified atom stereocenters. The minimum atomic E-state index is -3.19. The van der Waals surface area contributed by atoms with Gasteiger partial charge in [0.05, 0.1) is 11.5 Å². The summed E-state index contributed by atoms with van der Waals surface area (Å²) in [4.78, 5) is 15.3. The summed E-state index contributed by atoms with van der Waals surface area (Å²) < 4.78 is 35.6. The van der Waals surface area contributed by atoms with Crippen molar-refractivity contribution in [3.05, 3.63) is 35.4 Å². The van der Waals surface area contributed by atoms with E-state index in [0.29, 0.717) is 6.42 Å². The molecule has 0 radical (unpaired) electrons. The van der Waals surface area contributed by atoms with Crippen LogP contribution in [0.25, 0.3) is 0 Å². The highest BCUT2D eigenvalue weighted by atomic mass is 19.3. The Balaban J connectivity index is 2.50. The molecule has 5 nitrogen and oxygen atoms in total. The molecule has 7 heteroatoms. The highest BCUT2D eigenvalue weighted by Gasteiger charge is 2.63. The number of anilines is 1. The molecule has 0 amide bonds. The Bertz CT molecular complexity index is 602. The van der Waals surface area contributed by atoms with Crippen LogP contribution in [-0.4, -0.2) is 21.1 Å². The Hall–Kier alpha value is -1.76. The molecule has 1 aromatic heterocycles. The van der Waals surface area contributed by atoms with Crippen LogP contribution in [0, 0.1) is 5.92 Å². The van der Waals surface area contributed by atoms with Crippen molar-refractivity contribution in [1.29, 1.82) is 0 Å². The number of halogens is 2. The van der Waals surface area contributed by atoms with Gasteiger partial charge >= 0.3 is 5.69 Å². The molecule has 1 aliphatic heterocycles. The van der Waals surface area contributed by atoms with Crippen LogP contribution in [0.3, 0.4) is 0 Å². The third kappa shape index (κ3) is 2.35. The molecule has 1 aliphatic rings. The Morgan fingerprint density at radius 3 is 2.81 bits per heavy atom. The summed E-state index contributed by atoms with van der Waals surface area (Å²) >= 11 is 0. The average Bonchev–Trinajstić information content (AvgIpc) is 2.61. The molecule has 0 saturated carbocycles. The summed E-state index contributed by atoms with van der Waals surface area (Å²) in [5.41, 5.74) is 3.49. The molecule has 1 saturated heterocycles. The van der Waals surface area contributed by atoms with E-state index >= 15 is 0 Å². The fourth-order valence-electron chi connectivity index (χ4n) is 2.82. The van der Waals surface area contributed by atoms with Crippen molar-refractivity contribution >= 4 is 5.82 Å². The second-order valence-corrected chi connectivity index (χ2v) is 5.32. The van der Waals surface area contributed by atoms with Crippen LogP contribution in [0.2, 0.25) is 0 Å². The lowest BCUT2D eigenvalue weighted by Gasteiger charge is -2.30. The Kier molecular flexibility index (Phi) is 3.88. The summed E-state index contributed by atoms with van der Waals surface area (Å²) in [5.74, 6) is -4.26. The Labute approximate surface area is 121 Å². The predicted octanol–water partition coefficient (Wildman–Crippen LogP) is 2.35. The van der Waals surface area contributed by atoms with Crippen molar-refractivity contribution in [3.8, 4) is 0 Å². The number of alkyl halides is 2. The molecular weight excluding hydrogens is 280 g/mol. The molecule has 2 rings (SSSR count). The number of rotatable bonds is 4. The molecule has 2 N–H and O–H groups in total. The maximum atomic E-state index is 14.6. The van der Waals surface area contributed by atoms with Crippen LogP contribution < -0.4 is 11.4 Å². The zero-order chi connectivity index (χ0) is 15.8. The molecule has 1 aromatic rings. The molecule has 21 heavy (non-hydrogen) atoms. The summed E-state index contributed by atoms with van der Waals surface area (Å²) in [6.45, 7) is 6.82. The Morgan fingerprint density at radius 1 is 1.62 bits per heavy atom. The molecule has 0 aliphatic carbocycles. The molecule has 0 spiro atoms. The summed E-state index contributed by atoms with van der Waals surface area (Å²) in [6, 6.07) is 1.30. The lowest BCUT2D eigenvalue weighted by molar-refractivity contribution is -0.137. The van der Waals surface area contributed by atoms with E-state index in [0.717, 1.165) is 4.57 Å². The van der Waals surface area contributed by atoms with Crippen molar-refractivity contribution in [2.24, 2.45) is 5.92 Å². The summed E-state index contributed by atoms with van der Waals surface area (Å²) in [6.07, 6.45) is 1.74. The van der Waals surface area contributed by atoms with Gasteiger partial charge in [-0.25, -0.2) is 13.6 Å². The third-order valence-electron chi connectivity index (χ3n) is 4.23. The number of nitrogen functional groups attached to an aromatic ring is 1. The van der Waals surface area contributed by atoms with Gasteiger partial charge in [-0.05, 0) is 18.9 Å². The van der Waals surface area contributed by atoms with E-state index in [1.165, 1.54) is 19.2 Å². The zero-order valence-corrected chi connectivity index (χ0v) is 12.1. The van der Waals surface area contributed by atoms with Crippen molar-refractivity contribution in [3.63, 3.8) is 0 Å². The summed E-state index contributed by atoms with van der Waals surface area (Å²) in [5, 5.41) is 0. The van der Waals surface area contributed by atoms with E-state index in [1.54, 1.807) is 13.0 Å². The van der Waals surface area contributed by atoms with Crippen molar-refractivity contribution in [2.45, 2.75) is 44.4 Å². The second kappa shape index (κ2) is 5.22. The maximum Gasteiger partial charge on any atom is 0.351 e.